The molecule has 0 spiro atoms. The minimum absolute atomic E-state index is 0.651. The van der Waals surface area contributed by atoms with Gasteiger partial charge >= 0.3 is 0 Å². The van der Waals surface area contributed by atoms with Crippen molar-refractivity contribution in [2.45, 2.75) is 38.6 Å². The van der Waals surface area contributed by atoms with Crippen LogP contribution in [0.15, 0.2) is 18.2 Å². The quantitative estimate of drug-likeness (QED) is 0.814. The second kappa shape index (κ2) is 6.44. The van der Waals surface area contributed by atoms with Gasteiger partial charge in [0.05, 0.1) is 7.11 Å². The van der Waals surface area contributed by atoms with Crippen molar-refractivity contribution in [2.24, 2.45) is 5.92 Å². The van der Waals surface area contributed by atoms with Crippen molar-refractivity contribution in [3.05, 3.63) is 28.8 Å². The van der Waals surface area contributed by atoms with Gasteiger partial charge in [0.1, 0.15) is 5.75 Å². The molecule has 1 aliphatic rings. The maximum absolute atomic E-state index is 6.07. The molecule has 1 fully saturated rings. The largest absolute Gasteiger partial charge is 0.496 e. The summed E-state index contributed by atoms with van der Waals surface area (Å²) in [7, 11) is 1.72. The number of hydrogen-bond acceptors (Lipinski definition) is 2. The van der Waals surface area contributed by atoms with Crippen LogP contribution in [0.1, 0.15) is 31.7 Å². The van der Waals surface area contributed by atoms with Crippen LogP contribution in [-0.2, 0) is 6.42 Å². The van der Waals surface area contributed by atoms with Gasteiger partial charge < -0.3 is 10.1 Å². The van der Waals surface area contributed by atoms with E-state index in [4.69, 9.17) is 16.3 Å². The van der Waals surface area contributed by atoms with Gasteiger partial charge in [-0.05, 0) is 55.5 Å². The number of benzene rings is 1. The highest BCUT2D eigenvalue weighted by molar-refractivity contribution is 6.30. The summed E-state index contributed by atoms with van der Waals surface area (Å²) >= 11 is 6.07. The Morgan fingerprint density at radius 3 is 2.83 bits per heavy atom. The Morgan fingerprint density at radius 1 is 1.44 bits per heavy atom. The van der Waals surface area contributed by atoms with Gasteiger partial charge in [-0.15, -0.1) is 0 Å². The van der Waals surface area contributed by atoms with E-state index < -0.39 is 0 Å². The predicted molar refractivity (Wildman–Crippen MR) is 76.5 cm³/mol. The summed E-state index contributed by atoms with van der Waals surface area (Å²) in [6.45, 7) is 3.34. The van der Waals surface area contributed by atoms with Crippen LogP contribution in [0.5, 0.6) is 5.75 Å². The van der Waals surface area contributed by atoms with Crippen molar-refractivity contribution in [1.82, 2.24) is 5.32 Å². The van der Waals surface area contributed by atoms with Crippen LogP contribution in [0.4, 0.5) is 0 Å². The first kappa shape index (κ1) is 13.7. The lowest BCUT2D eigenvalue weighted by Gasteiger charge is -2.17. The van der Waals surface area contributed by atoms with E-state index in [1.807, 2.05) is 18.2 Å². The van der Waals surface area contributed by atoms with Crippen molar-refractivity contribution in [3.8, 4) is 5.75 Å². The van der Waals surface area contributed by atoms with E-state index in [9.17, 15) is 0 Å². The maximum Gasteiger partial charge on any atom is 0.122 e. The minimum Gasteiger partial charge on any atom is -0.496 e. The van der Waals surface area contributed by atoms with Gasteiger partial charge in [0.2, 0.25) is 0 Å². The number of nitrogens with one attached hydrogen (secondary N) is 1. The molecule has 1 saturated carbocycles. The maximum atomic E-state index is 6.07. The Kier molecular flexibility index (Phi) is 4.90. The monoisotopic (exact) mass is 267 g/mol. The Hall–Kier alpha value is -0.730. The third kappa shape index (κ3) is 3.89. The van der Waals surface area contributed by atoms with Crippen LogP contribution >= 0.6 is 11.6 Å². The molecule has 0 saturated heterocycles. The molecule has 1 N–H and O–H groups in total. The Bertz CT molecular complexity index is 390. The fourth-order valence-corrected chi connectivity index (χ4v) is 2.39. The van der Waals surface area contributed by atoms with E-state index in [2.05, 4.69) is 12.2 Å². The van der Waals surface area contributed by atoms with Gasteiger partial charge in [0.15, 0.2) is 0 Å². The molecule has 1 aromatic rings. The van der Waals surface area contributed by atoms with Crippen LogP contribution in [-0.4, -0.2) is 19.7 Å². The van der Waals surface area contributed by atoms with Crippen LogP contribution in [0.2, 0.25) is 5.02 Å². The lowest BCUT2D eigenvalue weighted by molar-refractivity contribution is 0.398. The molecule has 1 aliphatic carbocycles. The zero-order valence-corrected chi connectivity index (χ0v) is 12.0. The smallest absolute Gasteiger partial charge is 0.122 e. The molecule has 2 rings (SSSR count). The number of halogens is 1. The number of hydrogen-bond donors (Lipinski definition) is 1. The van der Waals surface area contributed by atoms with E-state index in [-0.39, 0.29) is 0 Å². The van der Waals surface area contributed by atoms with E-state index in [0.29, 0.717) is 5.92 Å². The molecule has 0 bridgehead atoms. The summed E-state index contributed by atoms with van der Waals surface area (Å²) in [6.07, 6.45) is 4.89. The first-order chi connectivity index (χ1) is 8.72. The van der Waals surface area contributed by atoms with Crippen molar-refractivity contribution >= 4 is 11.6 Å². The van der Waals surface area contributed by atoms with E-state index in [0.717, 1.165) is 29.8 Å². The van der Waals surface area contributed by atoms with Crippen LogP contribution < -0.4 is 10.1 Å². The molecule has 0 aliphatic heterocycles. The summed E-state index contributed by atoms with van der Waals surface area (Å²) < 4.78 is 5.40. The van der Waals surface area contributed by atoms with Gasteiger partial charge in [-0.1, -0.05) is 24.9 Å². The molecule has 3 heteroatoms. The molecule has 1 atom stereocenters. The normalized spacial score (nSPS) is 16.6. The average molecular weight is 268 g/mol. The third-order valence-corrected chi connectivity index (χ3v) is 3.84. The second-order valence-electron chi connectivity index (χ2n) is 5.12. The molecule has 2 nitrogen and oxygen atoms in total. The SMILES string of the molecule is CCC(CNC1CC1)Cc1cc(Cl)ccc1OC. The molecule has 0 amide bonds. The number of rotatable bonds is 7. The molecule has 1 aromatic carbocycles. The van der Waals surface area contributed by atoms with Crippen molar-refractivity contribution in [3.63, 3.8) is 0 Å². The highest BCUT2D eigenvalue weighted by atomic mass is 35.5. The molecular weight excluding hydrogens is 246 g/mol. The lowest BCUT2D eigenvalue weighted by atomic mass is 9.96. The van der Waals surface area contributed by atoms with Gasteiger partial charge in [-0.3, -0.25) is 0 Å². The highest BCUT2D eigenvalue weighted by Crippen LogP contribution is 2.26. The van der Waals surface area contributed by atoms with E-state index in [1.54, 1.807) is 7.11 Å². The second-order valence-corrected chi connectivity index (χ2v) is 5.55. The summed E-state index contributed by atoms with van der Waals surface area (Å²) in [5, 5.41) is 4.39. The molecule has 1 unspecified atom stereocenters. The number of methoxy groups -OCH3 is 1. The Morgan fingerprint density at radius 2 is 2.22 bits per heavy atom. The first-order valence-electron chi connectivity index (χ1n) is 6.78. The van der Waals surface area contributed by atoms with Gasteiger partial charge in [-0.25, -0.2) is 0 Å². The van der Waals surface area contributed by atoms with Crippen LogP contribution in [0, 0.1) is 5.92 Å². The van der Waals surface area contributed by atoms with Crippen molar-refractivity contribution in [2.75, 3.05) is 13.7 Å². The Labute approximate surface area is 115 Å². The van der Waals surface area contributed by atoms with Gasteiger partial charge in [0.25, 0.3) is 0 Å². The topological polar surface area (TPSA) is 21.3 Å². The third-order valence-electron chi connectivity index (χ3n) is 3.60. The predicted octanol–water partition coefficient (Wildman–Crippen LogP) is 3.67. The molecule has 0 radical (unpaired) electrons. The lowest BCUT2D eigenvalue weighted by Crippen LogP contribution is -2.25. The average Bonchev–Trinajstić information content (AvgIpc) is 3.18. The van der Waals surface area contributed by atoms with E-state index >= 15 is 0 Å². The van der Waals surface area contributed by atoms with Crippen molar-refractivity contribution in [1.29, 1.82) is 0 Å². The molecule has 18 heavy (non-hydrogen) atoms. The summed E-state index contributed by atoms with van der Waals surface area (Å²) in [4.78, 5) is 0. The fraction of sp³-hybridized carbons (Fsp3) is 0.600. The Balaban J connectivity index is 1.97. The van der Waals surface area contributed by atoms with Crippen LogP contribution in [0.3, 0.4) is 0 Å². The highest BCUT2D eigenvalue weighted by Gasteiger charge is 2.21. The zero-order valence-electron chi connectivity index (χ0n) is 11.2. The standard InChI is InChI=1S/C15H22ClNO/c1-3-11(10-17-14-5-6-14)8-12-9-13(16)4-7-15(12)18-2/h4,7,9,11,14,17H,3,5-6,8,10H2,1-2H3. The molecule has 0 aromatic heterocycles. The summed E-state index contributed by atoms with van der Waals surface area (Å²) in [5.41, 5.74) is 1.22. The summed E-state index contributed by atoms with van der Waals surface area (Å²) in [5.74, 6) is 1.60. The fourth-order valence-electron chi connectivity index (χ4n) is 2.20. The van der Waals surface area contributed by atoms with Gasteiger partial charge in [0, 0.05) is 11.1 Å². The number of ether oxygens (including phenoxy) is 1. The zero-order chi connectivity index (χ0) is 13.0. The molecule has 100 valence electrons. The minimum atomic E-state index is 0.651. The first-order valence-corrected chi connectivity index (χ1v) is 7.16. The van der Waals surface area contributed by atoms with Crippen molar-refractivity contribution < 1.29 is 4.74 Å². The summed E-state index contributed by atoms with van der Waals surface area (Å²) in [6, 6.07) is 6.65. The molecule has 0 heterocycles. The van der Waals surface area contributed by atoms with E-state index in [1.165, 1.54) is 24.8 Å². The van der Waals surface area contributed by atoms with Gasteiger partial charge in [-0.2, -0.15) is 0 Å². The molecular formula is C15H22ClNO. The van der Waals surface area contributed by atoms with Crippen LogP contribution in [0.25, 0.3) is 0 Å².